The van der Waals surface area contributed by atoms with Gasteiger partial charge in [0, 0.05) is 6.07 Å². The van der Waals surface area contributed by atoms with Crippen molar-refractivity contribution in [3.8, 4) is 11.4 Å². The molecule has 0 aliphatic heterocycles. The molecular weight excluding hydrogens is 588 g/mol. The Labute approximate surface area is 228 Å². The van der Waals surface area contributed by atoms with E-state index in [1.807, 2.05) is 0 Å². The van der Waals surface area contributed by atoms with Gasteiger partial charge in [0.15, 0.2) is 0 Å². The van der Waals surface area contributed by atoms with Crippen LogP contribution in [0.1, 0.15) is 35.8 Å². The van der Waals surface area contributed by atoms with Crippen LogP contribution in [0.25, 0.3) is 11.4 Å². The second-order valence-corrected chi connectivity index (χ2v) is 9.54. The van der Waals surface area contributed by atoms with Crippen molar-refractivity contribution in [3.63, 3.8) is 0 Å². The van der Waals surface area contributed by atoms with Gasteiger partial charge < -0.3 is 5.73 Å². The Morgan fingerprint density at radius 2 is 1.24 bits per heavy atom. The monoisotopic (exact) mass is 604 g/mol. The molecule has 2 aromatic heterocycles. The fourth-order valence-corrected chi connectivity index (χ4v) is 4.63. The number of nitrogens with two attached hydrogens (primary N) is 1. The Balaban J connectivity index is 0.000000169. The van der Waals surface area contributed by atoms with E-state index in [2.05, 4.69) is 31.1 Å². The number of benzene rings is 2. The van der Waals surface area contributed by atoms with Gasteiger partial charge >= 0.3 is 18.0 Å². The van der Waals surface area contributed by atoms with E-state index in [1.54, 1.807) is 0 Å². The summed E-state index contributed by atoms with van der Waals surface area (Å²) in [4.78, 5) is 9.83. The van der Waals surface area contributed by atoms with Crippen LogP contribution < -0.4 is 5.73 Å². The van der Waals surface area contributed by atoms with Crippen LogP contribution in [0.2, 0.25) is 0 Å². The normalized spacial score (nSPS) is 21.4. The Morgan fingerprint density at radius 1 is 0.786 bits per heavy atom. The highest BCUT2D eigenvalue weighted by Crippen LogP contribution is 2.58. The van der Waals surface area contributed by atoms with Crippen LogP contribution >= 0.6 is 0 Å². The number of halogens is 8. The average molecular weight is 604 g/mol. The lowest BCUT2D eigenvalue weighted by Gasteiger charge is -2.11. The molecule has 2 saturated carbocycles. The topological polar surface area (TPSA) is 156 Å². The fraction of sp³-hybridized carbons (Fsp3) is 0.364. The van der Waals surface area contributed by atoms with Crippen LogP contribution in [-0.2, 0) is 0 Å². The third kappa shape index (κ3) is 5.68. The molecule has 2 fully saturated rings. The lowest BCUT2D eigenvalue weighted by atomic mass is 10.1. The van der Waals surface area contributed by atoms with Gasteiger partial charge in [-0.2, -0.15) is 35.4 Å². The van der Waals surface area contributed by atoms with E-state index in [-0.39, 0.29) is 41.0 Å². The zero-order valence-corrected chi connectivity index (χ0v) is 20.6. The number of hydrogen-bond acceptors (Lipinski definition) is 9. The number of aromatic nitrogens is 8. The van der Waals surface area contributed by atoms with Gasteiger partial charge in [0.1, 0.15) is 18.5 Å². The molecule has 0 saturated heterocycles. The van der Waals surface area contributed by atoms with Crippen LogP contribution in [0.5, 0.6) is 0 Å². The third-order valence-corrected chi connectivity index (χ3v) is 6.85. The maximum atomic E-state index is 13.8. The summed E-state index contributed by atoms with van der Waals surface area (Å²) in [6.07, 6.45) is -6.66. The van der Waals surface area contributed by atoms with Crippen molar-refractivity contribution in [1.82, 2.24) is 40.4 Å². The Kier molecular flexibility index (Phi) is 7.01. The van der Waals surface area contributed by atoms with Gasteiger partial charge in [0.05, 0.1) is 33.8 Å². The zero-order chi connectivity index (χ0) is 30.6. The molecule has 0 radical (unpaired) electrons. The smallest absolute Gasteiger partial charge is 0.392 e. The lowest BCUT2D eigenvalue weighted by molar-refractivity contribution is -0.387. The van der Waals surface area contributed by atoms with Gasteiger partial charge in [0.25, 0.3) is 0 Å². The van der Waals surface area contributed by atoms with Crippen molar-refractivity contribution in [2.24, 2.45) is 11.8 Å². The van der Waals surface area contributed by atoms with E-state index in [0.29, 0.717) is 0 Å². The number of nitrogens with zero attached hydrogens (tertiary/aromatic N) is 9. The van der Waals surface area contributed by atoms with Crippen molar-refractivity contribution in [3.05, 3.63) is 69.8 Å². The standard InChI is InChI=1S/C11H7F4N5O2.C11H9F4N5/c12-8-2-6(5-1-7(5)11(13,14)15)9(3-10(8)20(21)22)19-4-16-17-18-19;12-8-2-6(5-1-7(5)11(13,14)15)10(3-9(8)16)20-4-17-18-19-20/h2-5,7H,1H2;2-5,7H,1,16H2/t2*5-,7+/m11/s1. The summed E-state index contributed by atoms with van der Waals surface area (Å²) in [5.41, 5.74) is 4.89. The molecule has 4 aromatic rings. The van der Waals surface area contributed by atoms with Crippen molar-refractivity contribution < 1.29 is 40.0 Å². The highest BCUT2D eigenvalue weighted by molar-refractivity contribution is 5.56. The minimum atomic E-state index is -4.40. The highest BCUT2D eigenvalue weighted by atomic mass is 19.4. The molecule has 4 atom stereocenters. The number of anilines is 1. The first-order valence-corrected chi connectivity index (χ1v) is 11.8. The first kappa shape index (κ1) is 28.7. The molecule has 2 heterocycles. The summed E-state index contributed by atoms with van der Waals surface area (Å²) in [5.74, 6) is -6.74. The quantitative estimate of drug-likeness (QED) is 0.151. The van der Waals surface area contributed by atoms with Crippen molar-refractivity contribution in [2.75, 3.05) is 5.73 Å². The maximum Gasteiger partial charge on any atom is 0.392 e. The van der Waals surface area contributed by atoms with Crippen molar-refractivity contribution in [2.45, 2.75) is 37.0 Å². The van der Waals surface area contributed by atoms with Crippen molar-refractivity contribution in [1.29, 1.82) is 0 Å². The minimum absolute atomic E-state index is 0.00211. The summed E-state index contributed by atoms with van der Waals surface area (Å²) >= 11 is 0. The second-order valence-electron chi connectivity index (χ2n) is 9.54. The Bertz CT molecular complexity index is 1610. The maximum absolute atomic E-state index is 13.8. The molecule has 12 nitrogen and oxygen atoms in total. The van der Waals surface area contributed by atoms with E-state index >= 15 is 0 Å². The fourth-order valence-electron chi connectivity index (χ4n) is 4.63. The van der Waals surface area contributed by atoms with Crippen molar-refractivity contribution >= 4 is 11.4 Å². The number of nitrogen functional groups attached to an aromatic ring is 1. The molecule has 0 spiro atoms. The van der Waals surface area contributed by atoms with E-state index in [9.17, 15) is 45.2 Å². The summed E-state index contributed by atoms with van der Waals surface area (Å²) in [7, 11) is 0. The van der Waals surface area contributed by atoms with E-state index < -0.39 is 58.3 Å². The number of hydrogen-bond donors (Lipinski definition) is 1. The predicted octanol–water partition coefficient (Wildman–Crippen LogP) is 4.42. The van der Waals surface area contributed by atoms with E-state index in [1.165, 1.54) is 17.1 Å². The molecule has 2 N–H and O–H groups in total. The van der Waals surface area contributed by atoms with E-state index in [0.717, 1.165) is 29.2 Å². The van der Waals surface area contributed by atoms with Crippen LogP contribution in [0.3, 0.4) is 0 Å². The van der Waals surface area contributed by atoms with Gasteiger partial charge in [-0.1, -0.05) is 0 Å². The summed E-state index contributed by atoms with van der Waals surface area (Å²) in [6.45, 7) is 0. The molecule has 2 aliphatic carbocycles. The number of alkyl halides is 6. The molecular formula is C22H16F8N10O2. The number of rotatable bonds is 5. The van der Waals surface area contributed by atoms with Gasteiger partial charge in [-0.05, 0) is 74.9 Å². The molecule has 20 heteroatoms. The number of tetrazole rings is 2. The van der Waals surface area contributed by atoms with Gasteiger partial charge in [-0.3, -0.25) is 10.1 Å². The molecule has 2 aromatic carbocycles. The Morgan fingerprint density at radius 3 is 1.62 bits per heavy atom. The van der Waals surface area contributed by atoms with Crippen LogP contribution in [0, 0.1) is 33.6 Å². The zero-order valence-electron chi connectivity index (χ0n) is 20.6. The number of nitro groups is 1. The molecule has 0 amide bonds. The van der Waals surface area contributed by atoms with E-state index in [4.69, 9.17) is 5.73 Å². The highest BCUT2D eigenvalue weighted by Gasteiger charge is 2.58. The molecule has 0 bridgehead atoms. The molecule has 222 valence electrons. The largest absolute Gasteiger partial charge is 0.396 e. The molecule has 0 unspecified atom stereocenters. The van der Waals surface area contributed by atoms with Crippen LogP contribution in [-0.4, -0.2) is 57.7 Å². The molecule has 2 aliphatic rings. The first-order chi connectivity index (χ1) is 19.7. The lowest BCUT2D eigenvalue weighted by Crippen LogP contribution is -2.12. The number of nitro benzene ring substituents is 1. The van der Waals surface area contributed by atoms with Gasteiger partial charge in [0.2, 0.25) is 5.82 Å². The minimum Gasteiger partial charge on any atom is -0.396 e. The summed E-state index contributed by atoms with van der Waals surface area (Å²) in [5, 5.41) is 31.4. The third-order valence-electron chi connectivity index (χ3n) is 6.85. The van der Waals surface area contributed by atoms with Gasteiger partial charge in [-0.25, -0.2) is 9.07 Å². The summed E-state index contributed by atoms with van der Waals surface area (Å²) < 4.78 is 106. The summed E-state index contributed by atoms with van der Waals surface area (Å²) in [6, 6.07) is 3.87. The molecule has 42 heavy (non-hydrogen) atoms. The predicted molar refractivity (Wildman–Crippen MR) is 123 cm³/mol. The van der Waals surface area contributed by atoms with Crippen LogP contribution in [0.4, 0.5) is 46.5 Å². The molecule has 6 rings (SSSR count). The SMILES string of the molecule is Nc1cc(-n2cnnn2)c([C@H]2C[C@@H]2C(F)(F)F)cc1F.O=[N+]([O-])c1cc(-n2cnnn2)c([C@H]2C[C@@H]2C(F)(F)F)cc1F. The van der Waals surface area contributed by atoms with Gasteiger partial charge in [-0.15, -0.1) is 10.2 Å². The second kappa shape index (κ2) is 10.2. The average Bonchev–Trinajstić information content (AvgIpc) is 3.76. The Hall–Kier alpha value is -4.78. The first-order valence-electron chi connectivity index (χ1n) is 11.8. The van der Waals surface area contributed by atoms with Crippen LogP contribution in [0.15, 0.2) is 36.9 Å².